The van der Waals surface area contributed by atoms with Gasteiger partial charge in [-0.25, -0.2) is 9.97 Å². The summed E-state index contributed by atoms with van der Waals surface area (Å²) in [5.41, 5.74) is 0.243. The number of ether oxygens (including phenoxy) is 1. The lowest BCUT2D eigenvalue weighted by atomic mass is 9.90. The Morgan fingerprint density at radius 3 is 2.72 bits per heavy atom. The van der Waals surface area contributed by atoms with Gasteiger partial charge in [-0.05, 0) is 11.8 Å². The zero-order chi connectivity index (χ0) is 13.6. The van der Waals surface area contributed by atoms with Crippen LogP contribution in [0.15, 0.2) is 12.4 Å². The fourth-order valence-corrected chi connectivity index (χ4v) is 1.40. The van der Waals surface area contributed by atoms with Crippen molar-refractivity contribution in [1.29, 1.82) is 0 Å². The van der Waals surface area contributed by atoms with E-state index < -0.39 is 0 Å². The van der Waals surface area contributed by atoms with Crippen LogP contribution < -0.4 is 5.32 Å². The second-order valence-corrected chi connectivity index (χ2v) is 5.20. The van der Waals surface area contributed by atoms with E-state index in [4.69, 9.17) is 16.3 Å². The summed E-state index contributed by atoms with van der Waals surface area (Å²) in [6.45, 7) is 5.36. The zero-order valence-corrected chi connectivity index (χ0v) is 11.6. The molecule has 5 nitrogen and oxygen atoms in total. The Labute approximate surface area is 112 Å². The maximum absolute atomic E-state index is 11.8. The Bertz CT molecular complexity index is 393. The lowest BCUT2D eigenvalue weighted by Gasteiger charge is -2.24. The van der Waals surface area contributed by atoms with Gasteiger partial charge in [0.1, 0.15) is 10.8 Å². The van der Waals surface area contributed by atoms with E-state index >= 15 is 0 Å². The van der Waals surface area contributed by atoms with Gasteiger partial charge in [0, 0.05) is 20.3 Å². The summed E-state index contributed by atoms with van der Waals surface area (Å²) in [5, 5.41) is 3.10. The van der Waals surface area contributed by atoms with Gasteiger partial charge in [0.15, 0.2) is 0 Å². The molecule has 6 heteroatoms. The maximum atomic E-state index is 11.8. The molecule has 0 bridgehead atoms. The molecular weight excluding hydrogens is 254 g/mol. The number of methoxy groups -OCH3 is 1. The van der Waals surface area contributed by atoms with E-state index in [9.17, 15) is 4.79 Å². The van der Waals surface area contributed by atoms with Crippen molar-refractivity contribution in [2.45, 2.75) is 20.3 Å². The standard InChI is InChI=1S/C12H18ClN3O2/c1-12(2,4-5-18-3)8-16-11(17)9-6-15-10(13)7-14-9/h6-7H,4-5,8H2,1-3H3,(H,16,17). The van der Waals surface area contributed by atoms with E-state index in [2.05, 4.69) is 29.1 Å². The van der Waals surface area contributed by atoms with Crippen molar-refractivity contribution >= 4 is 17.5 Å². The average molecular weight is 272 g/mol. The highest BCUT2D eigenvalue weighted by molar-refractivity contribution is 6.29. The fraction of sp³-hybridized carbons (Fsp3) is 0.583. The fourth-order valence-electron chi connectivity index (χ4n) is 1.31. The van der Waals surface area contributed by atoms with Crippen molar-refractivity contribution in [1.82, 2.24) is 15.3 Å². The Kier molecular flexibility index (Phi) is 5.50. The molecule has 1 N–H and O–H groups in total. The first kappa shape index (κ1) is 14.9. The van der Waals surface area contributed by atoms with Crippen molar-refractivity contribution in [3.63, 3.8) is 0 Å². The van der Waals surface area contributed by atoms with Crippen LogP contribution in [0, 0.1) is 5.41 Å². The van der Waals surface area contributed by atoms with Crippen LogP contribution in [-0.2, 0) is 4.74 Å². The number of nitrogens with zero attached hydrogens (tertiary/aromatic N) is 2. The molecule has 1 aromatic heterocycles. The van der Waals surface area contributed by atoms with Gasteiger partial charge in [-0.2, -0.15) is 0 Å². The zero-order valence-electron chi connectivity index (χ0n) is 10.9. The summed E-state index contributed by atoms with van der Waals surface area (Å²) in [6.07, 6.45) is 3.59. The van der Waals surface area contributed by atoms with E-state index in [1.807, 2.05) is 0 Å². The SMILES string of the molecule is COCCC(C)(C)CNC(=O)c1cnc(Cl)cn1. The van der Waals surface area contributed by atoms with Crippen molar-refractivity contribution in [2.24, 2.45) is 5.41 Å². The third kappa shape index (κ3) is 4.98. The Morgan fingerprint density at radius 2 is 2.17 bits per heavy atom. The predicted molar refractivity (Wildman–Crippen MR) is 69.6 cm³/mol. The summed E-state index contributed by atoms with van der Waals surface area (Å²) in [4.78, 5) is 19.5. The first-order valence-electron chi connectivity index (χ1n) is 5.69. The molecule has 100 valence electrons. The van der Waals surface area contributed by atoms with Crippen LogP contribution >= 0.6 is 11.6 Å². The van der Waals surface area contributed by atoms with Crippen LogP contribution in [0.2, 0.25) is 5.15 Å². The highest BCUT2D eigenvalue weighted by Gasteiger charge is 2.19. The highest BCUT2D eigenvalue weighted by Crippen LogP contribution is 2.18. The van der Waals surface area contributed by atoms with Crippen LogP contribution in [0.1, 0.15) is 30.8 Å². The number of halogens is 1. The van der Waals surface area contributed by atoms with E-state index in [1.165, 1.54) is 12.4 Å². The Balaban J connectivity index is 2.48. The van der Waals surface area contributed by atoms with E-state index in [0.29, 0.717) is 13.2 Å². The molecule has 18 heavy (non-hydrogen) atoms. The van der Waals surface area contributed by atoms with Crippen LogP contribution in [0.3, 0.4) is 0 Å². The van der Waals surface area contributed by atoms with E-state index in [1.54, 1.807) is 7.11 Å². The van der Waals surface area contributed by atoms with Gasteiger partial charge in [0.2, 0.25) is 0 Å². The van der Waals surface area contributed by atoms with E-state index in [-0.39, 0.29) is 22.2 Å². The molecule has 0 atom stereocenters. The number of hydrogen-bond acceptors (Lipinski definition) is 4. The Hall–Kier alpha value is -1.20. The molecule has 1 rings (SSSR count). The number of rotatable bonds is 6. The lowest BCUT2D eigenvalue weighted by Crippen LogP contribution is -2.35. The van der Waals surface area contributed by atoms with Crippen molar-refractivity contribution in [3.05, 3.63) is 23.2 Å². The van der Waals surface area contributed by atoms with Crippen LogP contribution in [0.5, 0.6) is 0 Å². The number of amides is 1. The van der Waals surface area contributed by atoms with Crippen molar-refractivity contribution in [3.8, 4) is 0 Å². The van der Waals surface area contributed by atoms with Crippen LogP contribution in [-0.4, -0.2) is 36.1 Å². The van der Waals surface area contributed by atoms with Crippen LogP contribution in [0.25, 0.3) is 0 Å². The molecule has 0 aliphatic heterocycles. The molecule has 0 aliphatic rings. The second kappa shape index (κ2) is 6.66. The van der Waals surface area contributed by atoms with Crippen molar-refractivity contribution < 1.29 is 9.53 Å². The molecule has 0 fully saturated rings. The smallest absolute Gasteiger partial charge is 0.271 e. The largest absolute Gasteiger partial charge is 0.385 e. The third-order valence-corrected chi connectivity index (χ3v) is 2.76. The summed E-state index contributed by atoms with van der Waals surface area (Å²) in [6, 6.07) is 0. The second-order valence-electron chi connectivity index (χ2n) is 4.81. The van der Waals surface area contributed by atoms with Crippen molar-refractivity contribution in [2.75, 3.05) is 20.3 Å². The lowest BCUT2D eigenvalue weighted by molar-refractivity contribution is 0.0915. The van der Waals surface area contributed by atoms with Gasteiger partial charge >= 0.3 is 0 Å². The van der Waals surface area contributed by atoms with Gasteiger partial charge in [0.05, 0.1) is 12.4 Å². The molecular formula is C12H18ClN3O2. The summed E-state index contributed by atoms with van der Waals surface area (Å²) in [7, 11) is 1.66. The van der Waals surface area contributed by atoms with Gasteiger partial charge in [0.25, 0.3) is 5.91 Å². The molecule has 0 saturated heterocycles. The summed E-state index contributed by atoms with van der Waals surface area (Å²) < 4.78 is 5.03. The molecule has 0 aromatic carbocycles. The van der Waals surface area contributed by atoms with E-state index in [0.717, 1.165) is 6.42 Å². The van der Waals surface area contributed by atoms with Crippen LogP contribution in [0.4, 0.5) is 0 Å². The molecule has 0 saturated carbocycles. The minimum Gasteiger partial charge on any atom is -0.385 e. The number of carbonyl (C=O) groups excluding carboxylic acids is 1. The molecule has 1 amide bonds. The number of nitrogens with one attached hydrogen (secondary N) is 1. The number of hydrogen-bond donors (Lipinski definition) is 1. The average Bonchev–Trinajstić information content (AvgIpc) is 2.35. The Morgan fingerprint density at radius 1 is 1.44 bits per heavy atom. The first-order valence-corrected chi connectivity index (χ1v) is 6.07. The monoisotopic (exact) mass is 271 g/mol. The molecule has 1 heterocycles. The molecule has 1 aromatic rings. The third-order valence-electron chi connectivity index (χ3n) is 2.56. The van der Waals surface area contributed by atoms with Gasteiger partial charge < -0.3 is 10.1 Å². The summed E-state index contributed by atoms with van der Waals surface area (Å²) >= 11 is 5.60. The molecule has 0 spiro atoms. The maximum Gasteiger partial charge on any atom is 0.271 e. The highest BCUT2D eigenvalue weighted by atomic mass is 35.5. The number of carbonyl (C=O) groups is 1. The predicted octanol–water partition coefficient (Wildman–Crippen LogP) is 1.92. The quantitative estimate of drug-likeness (QED) is 0.859. The normalized spacial score (nSPS) is 11.3. The minimum atomic E-state index is -0.246. The summed E-state index contributed by atoms with van der Waals surface area (Å²) in [5.74, 6) is -0.246. The number of aromatic nitrogens is 2. The first-order chi connectivity index (χ1) is 8.44. The molecule has 0 aliphatic carbocycles. The van der Waals surface area contributed by atoms with Gasteiger partial charge in [-0.3, -0.25) is 4.79 Å². The minimum absolute atomic E-state index is 0.0223. The topological polar surface area (TPSA) is 64.1 Å². The molecule has 0 unspecified atom stereocenters. The van der Waals surface area contributed by atoms with Gasteiger partial charge in [-0.15, -0.1) is 0 Å². The molecule has 0 radical (unpaired) electrons. The van der Waals surface area contributed by atoms with Gasteiger partial charge in [-0.1, -0.05) is 25.4 Å².